The molecule has 0 radical (unpaired) electrons. The van der Waals surface area contributed by atoms with Crippen LogP contribution < -0.4 is 10.6 Å². The molecule has 2 heterocycles. The zero-order valence-corrected chi connectivity index (χ0v) is 19.1. The lowest BCUT2D eigenvalue weighted by atomic mass is 9.98. The summed E-state index contributed by atoms with van der Waals surface area (Å²) in [6.07, 6.45) is 1.74. The van der Waals surface area contributed by atoms with E-state index in [0.29, 0.717) is 11.6 Å². The van der Waals surface area contributed by atoms with Gasteiger partial charge in [-0.1, -0.05) is 50.6 Å². The highest BCUT2D eigenvalue weighted by molar-refractivity contribution is 7.12. The van der Waals surface area contributed by atoms with Crippen molar-refractivity contribution in [1.29, 1.82) is 0 Å². The Morgan fingerprint density at radius 3 is 2.68 bits per heavy atom. The first-order valence-electron chi connectivity index (χ1n) is 9.96. The van der Waals surface area contributed by atoms with Crippen LogP contribution >= 0.6 is 22.9 Å². The third-order valence-electron chi connectivity index (χ3n) is 4.74. The maximum Gasteiger partial charge on any atom is 0.319 e. The van der Waals surface area contributed by atoms with Crippen molar-refractivity contribution in [1.82, 2.24) is 15.3 Å². The average molecular weight is 451 g/mol. The van der Waals surface area contributed by atoms with Crippen LogP contribution in [-0.4, -0.2) is 16.0 Å². The minimum atomic E-state index is -0.279. The van der Waals surface area contributed by atoms with Gasteiger partial charge in [-0.3, -0.25) is 4.98 Å². The van der Waals surface area contributed by atoms with Gasteiger partial charge in [-0.2, -0.15) is 0 Å². The lowest BCUT2D eigenvalue weighted by Crippen LogP contribution is -2.28. The van der Waals surface area contributed by atoms with Crippen molar-refractivity contribution in [2.45, 2.75) is 32.7 Å². The molecule has 2 aromatic carbocycles. The van der Waals surface area contributed by atoms with E-state index in [1.165, 1.54) is 0 Å². The Morgan fingerprint density at radius 2 is 1.90 bits per heavy atom. The van der Waals surface area contributed by atoms with Crippen molar-refractivity contribution in [3.8, 4) is 11.3 Å². The number of nitrogens with one attached hydrogen (secondary N) is 2. The highest BCUT2D eigenvalue weighted by Crippen LogP contribution is 2.35. The van der Waals surface area contributed by atoms with Gasteiger partial charge in [-0.05, 0) is 36.4 Å². The number of hydrogen-bond acceptors (Lipinski definition) is 4. The number of urea groups is 1. The number of amides is 2. The third-order valence-corrected chi connectivity index (χ3v) is 6.46. The van der Waals surface area contributed by atoms with Gasteiger partial charge in [-0.25, -0.2) is 9.78 Å². The first-order valence-corrected chi connectivity index (χ1v) is 11.2. The summed E-state index contributed by atoms with van der Waals surface area (Å²) in [7, 11) is 0. The minimum absolute atomic E-state index is 0.0888. The van der Waals surface area contributed by atoms with E-state index in [1.54, 1.807) is 17.5 Å². The fraction of sp³-hybridized carbons (Fsp3) is 0.208. The molecule has 0 saturated carbocycles. The van der Waals surface area contributed by atoms with E-state index in [2.05, 4.69) is 36.4 Å². The Bertz CT molecular complexity index is 1240. The van der Waals surface area contributed by atoms with E-state index in [4.69, 9.17) is 16.6 Å². The van der Waals surface area contributed by atoms with Crippen molar-refractivity contribution in [3.63, 3.8) is 0 Å². The molecule has 7 heteroatoms. The summed E-state index contributed by atoms with van der Waals surface area (Å²) < 4.78 is 0. The van der Waals surface area contributed by atoms with Gasteiger partial charge in [0, 0.05) is 27.6 Å². The summed E-state index contributed by atoms with van der Waals surface area (Å²) >= 11 is 7.81. The predicted molar refractivity (Wildman–Crippen MR) is 129 cm³/mol. The Kier molecular flexibility index (Phi) is 5.94. The van der Waals surface area contributed by atoms with Gasteiger partial charge in [0.2, 0.25) is 0 Å². The summed E-state index contributed by atoms with van der Waals surface area (Å²) in [5, 5.41) is 8.47. The molecule has 158 valence electrons. The number of thiazole rings is 1. The zero-order valence-electron chi connectivity index (χ0n) is 17.6. The smallest absolute Gasteiger partial charge is 0.319 e. The van der Waals surface area contributed by atoms with E-state index in [1.807, 2.05) is 54.6 Å². The molecule has 4 aromatic rings. The molecule has 2 aromatic heterocycles. The number of anilines is 1. The van der Waals surface area contributed by atoms with Gasteiger partial charge < -0.3 is 10.6 Å². The quantitative estimate of drug-likeness (QED) is 0.366. The molecule has 0 aliphatic carbocycles. The van der Waals surface area contributed by atoms with Crippen LogP contribution in [0.4, 0.5) is 10.5 Å². The van der Waals surface area contributed by atoms with Gasteiger partial charge in [0.1, 0.15) is 0 Å². The SMILES string of the molecule is CC(C)(C)c1nc(-c2cccc(Cl)c2)c(CNC(=O)Nc2cccc3ncccc23)s1. The number of rotatable bonds is 4. The van der Waals surface area contributed by atoms with E-state index in [-0.39, 0.29) is 11.4 Å². The number of fused-ring (bicyclic) bond motifs is 1. The predicted octanol–water partition coefficient (Wildman–Crippen LogP) is 6.63. The van der Waals surface area contributed by atoms with E-state index in [9.17, 15) is 4.79 Å². The Morgan fingerprint density at radius 1 is 1.10 bits per heavy atom. The fourth-order valence-corrected chi connectivity index (χ4v) is 4.46. The van der Waals surface area contributed by atoms with Gasteiger partial charge in [-0.15, -0.1) is 11.3 Å². The van der Waals surface area contributed by atoms with Crippen LogP contribution in [0.2, 0.25) is 5.02 Å². The number of hydrogen-bond donors (Lipinski definition) is 2. The molecule has 2 amide bonds. The molecule has 2 N–H and O–H groups in total. The van der Waals surface area contributed by atoms with E-state index in [0.717, 1.165) is 37.7 Å². The maximum atomic E-state index is 12.7. The van der Waals surface area contributed by atoms with Crippen molar-refractivity contribution < 1.29 is 4.79 Å². The number of carbonyl (C=O) groups excluding carboxylic acids is 1. The first kappa shape index (κ1) is 21.3. The summed E-state index contributed by atoms with van der Waals surface area (Å²) in [4.78, 5) is 22.9. The Labute approximate surface area is 190 Å². The van der Waals surface area contributed by atoms with Gasteiger partial charge in [0.15, 0.2) is 0 Å². The zero-order chi connectivity index (χ0) is 22.0. The van der Waals surface area contributed by atoms with Gasteiger partial charge >= 0.3 is 6.03 Å². The van der Waals surface area contributed by atoms with Crippen LogP contribution in [0.15, 0.2) is 60.8 Å². The molecule has 0 aliphatic rings. The minimum Gasteiger partial charge on any atom is -0.333 e. The van der Waals surface area contributed by atoms with Crippen molar-refractivity contribution in [2.75, 3.05) is 5.32 Å². The van der Waals surface area contributed by atoms with Crippen LogP contribution in [0, 0.1) is 0 Å². The number of carbonyl (C=O) groups is 1. The molecular formula is C24H23ClN4OS. The second kappa shape index (κ2) is 8.65. The monoisotopic (exact) mass is 450 g/mol. The molecule has 0 saturated heterocycles. The summed E-state index contributed by atoms with van der Waals surface area (Å²) in [5.74, 6) is 0. The molecule has 0 fully saturated rings. The normalized spacial score (nSPS) is 11.5. The lowest BCUT2D eigenvalue weighted by Gasteiger charge is -2.13. The lowest BCUT2D eigenvalue weighted by molar-refractivity contribution is 0.252. The van der Waals surface area contributed by atoms with Crippen LogP contribution in [0.5, 0.6) is 0 Å². The second-order valence-electron chi connectivity index (χ2n) is 8.23. The molecular weight excluding hydrogens is 428 g/mol. The highest BCUT2D eigenvalue weighted by atomic mass is 35.5. The van der Waals surface area contributed by atoms with Gasteiger partial charge in [0.05, 0.1) is 33.3 Å². The van der Waals surface area contributed by atoms with Crippen molar-refractivity contribution in [2.24, 2.45) is 0 Å². The molecule has 0 aliphatic heterocycles. The number of nitrogens with zero attached hydrogens (tertiary/aromatic N) is 2. The molecule has 0 bridgehead atoms. The Balaban J connectivity index is 1.56. The Hall–Kier alpha value is -2.96. The summed E-state index contributed by atoms with van der Waals surface area (Å²) in [6, 6.07) is 16.8. The molecule has 0 unspecified atom stereocenters. The first-order chi connectivity index (χ1) is 14.8. The third kappa shape index (κ3) is 4.86. The van der Waals surface area contributed by atoms with Crippen molar-refractivity contribution in [3.05, 3.63) is 75.7 Å². The fourth-order valence-electron chi connectivity index (χ4n) is 3.19. The topological polar surface area (TPSA) is 66.9 Å². The molecule has 5 nitrogen and oxygen atoms in total. The average Bonchev–Trinajstić information content (AvgIpc) is 3.17. The maximum absolute atomic E-state index is 12.7. The largest absolute Gasteiger partial charge is 0.333 e. The standard InChI is InChI=1S/C24H23ClN4OS/c1-24(2,3)22-29-21(15-7-4-8-16(25)13-15)20(31-22)14-27-23(30)28-19-11-5-10-18-17(19)9-6-12-26-18/h4-13H,14H2,1-3H3,(H2,27,28,30). The molecule has 0 spiro atoms. The highest BCUT2D eigenvalue weighted by Gasteiger charge is 2.22. The number of aromatic nitrogens is 2. The van der Waals surface area contributed by atoms with Crippen LogP contribution in [0.25, 0.3) is 22.2 Å². The van der Waals surface area contributed by atoms with Crippen LogP contribution in [0.1, 0.15) is 30.7 Å². The summed E-state index contributed by atoms with van der Waals surface area (Å²) in [6.45, 7) is 6.76. The van der Waals surface area contributed by atoms with Crippen LogP contribution in [-0.2, 0) is 12.0 Å². The van der Waals surface area contributed by atoms with Crippen LogP contribution in [0.3, 0.4) is 0 Å². The molecule has 0 atom stereocenters. The second-order valence-corrected chi connectivity index (χ2v) is 9.75. The molecule has 4 rings (SSSR count). The number of pyridine rings is 1. The summed E-state index contributed by atoms with van der Waals surface area (Å²) in [5.41, 5.74) is 3.26. The van der Waals surface area contributed by atoms with Crippen molar-refractivity contribution >= 4 is 45.6 Å². The van der Waals surface area contributed by atoms with E-state index >= 15 is 0 Å². The number of benzene rings is 2. The van der Waals surface area contributed by atoms with E-state index < -0.39 is 0 Å². The van der Waals surface area contributed by atoms with Gasteiger partial charge in [0.25, 0.3) is 0 Å². The molecule has 31 heavy (non-hydrogen) atoms. The number of halogens is 1.